The van der Waals surface area contributed by atoms with Gasteiger partial charge in [0.25, 0.3) is 0 Å². The number of allylic oxidation sites excluding steroid dienone is 9. The molecule has 10 heteroatoms. The molecule has 244 valence electrons. The van der Waals surface area contributed by atoms with Gasteiger partial charge in [0.1, 0.15) is 17.6 Å². The van der Waals surface area contributed by atoms with Crippen LogP contribution in [0.25, 0.3) is 0 Å². The summed E-state index contributed by atoms with van der Waals surface area (Å²) in [6.07, 6.45) is 5.24. The van der Waals surface area contributed by atoms with Crippen LogP contribution in [0.3, 0.4) is 0 Å². The molecule has 0 radical (unpaired) electrons. The predicted octanol–water partition coefficient (Wildman–Crippen LogP) is 5.80. The average molecular weight is 649 g/mol. The molecular formula is C38H32O10. The van der Waals surface area contributed by atoms with Gasteiger partial charge >= 0.3 is 0 Å². The smallest absolute Gasteiger partial charge is 0.228 e. The second-order valence-corrected chi connectivity index (χ2v) is 10.8. The van der Waals surface area contributed by atoms with E-state index in [4.69, 9.17) is 9.47 Å². The summed E-state index contributed by atoms with van der Waals surface area (Å²) in [6, 6.07) is 8.28. The first kappa shape index (κ1) is 34.9. The quantitative estimate of drug-likeness (QED) is 0.0719. The first-order valence-electron chi connectivity index (χ1n) is 14.7. The number of aldehydes is 1. The Labute approximate surface area is 276 Å². The SMILES string of the molecule is C=CC1=C(/C=C\COC)C(=O)C(C2=C(/C(C(=O)c3ccc(OC(C)C=C)c(C)c3C=O)=C(/C)O)C(=O)c3ccccc3C2=O)=C(O)C1=O. The third kappa shape index (κ3) is 5.96. The van der Waals surface area contributed by atoms with Crippen molar-refractivity contribution in [1.82, 2.24) is 0 Å². The highest BCUT2D eigenvalue weighted by Crippen LogP contribution is 2.40. The van der Waals surface area contributed by atoms with E-state index in [9.17, 15) is 39.0 Å². The van der Waals surface area contributed by atoms with E-state index in [0.29, 0.717) is 6.29 Å². The molecule has 0 bridgehead atoms. The lowest BCUT2D eigenvalue weighted by Crippen LogP contribution is -2.32. The predicted molar refractivity (Wildman–Crippen MR) is 177 cm³/mol. The molecule has 2 aromatic rings. The minimum Gasteiger partial charge on any atom is -0.512 e. The second kappa shape index (κ2) is 14.2. The van der Waals surface area contributed by atoms with Crippen LogP contribution in [-0.2, 0) is 14.3 Å². The summed E-state index contributed by atoms with van der Waals surface area (Å²) in [6.45, 7) is 11.6. The number of ether oxygens (including phenoxy) is 2. The Balaban J connectivity index is 2.07. The molecule has 0 fully saturated rings. The molecule has 0 aromatic heterocycles. The number of hydrogen-bond donors (Lipinski definition) is 2. The van der Waals surface area contributed by atoms with Gasteiger partial charge in [-0.3, -0.25) is 28.8 Å². The van der Waals surface area contributed by atoms with E-state index >= 15 is 0 Å². The average Bonchev–Trinajstić information content (AvgIpc) is 3.07. The normalized spacial score (nSPS) is 16.2. The molecule has 0 heterocycles. The van der Waals surface area contributed by atoms with Crippen LogP contribution in [0.2, 0.25) is 0 Å². The Kier molecular flexibility index (Phi) is 10.3. The van der Waals surface area contributed by atoms with E-state index < -0.39 is 68.8 Å². The van der Waals surface area contributed by atoms with Crippen molar-refractivity contribution in [3.05, 3.63) is 147 Å². The van der Waals surface area contributed by atoms with Crippen molar-refractivity contribution >= 4 is 35.2 Å². The zero-order chi connectivity index (χ0) is 35.4. The summed E-state index contributed by atoms with van der Waals surface area (Å²) in [5, 5.41) is 22.2. The lowest BCUT2D eigenvalue weighted by molar-refractivity contribution is -0.117. The number of aliphatic hydroxyl groups excluding tert-OH is 2. The molecule has 0 saturated carbocycles. The minimum atomic E-state index is -1.16. The van der Waals surface area contributed by atoms with Crippen LogP contribution in [0.5, 0.6) is 5.75 Å². The molecule has 1 unspecified atom stereocenters. The molecule has 0 saturated heterocycles. The second-order valence-electron chi connectivity index (χ2n) is 10.8. The number of methoxy groups -OCH3 is 1. The van der Waals surface area contributed by atoms with Gasteiger partial charge in [0.2, 0.25) is 5.78 Å². The molecule has 0 amide bonds. The standard InChI is InChI=1S/C38H32O10/c1-7-19(3)48-28-16-15-26(27(18-39)20(28)4)33(41)29(21(5)40)30-31(35(43)25-13-10-9-12-24(25)34(30)42)32-36(44)23(14-11-17-47-6)22(8-2)37(45)38(32)46/h7-16,18-19,40,46H,1-2,17H2,3-6H3/b14-11-,29-21+. The zero-order valence-corrected chi connectivity index (χ0v) is 26.7. The number of carbonyl (C=O) groups excluding carboxylic acids is 6. The Morgan fingerprint density at radius 3 is 2.15 bits per heavy atom. The van der Waals surface area contributed by atoms with Crippen LogP contribution in [-0.4, -0.2) is 65.2 Å². The summed E-state index contributed by atoms with van der Waals surface area (Å²) < 4.78 is 10.8. The van der Waals surface area contributed by atoms with Crippen LogP contribution in [0, 0.1) is 6.92 Å². The molecule has 4 rings (SSSR count). The van der Waals surface area contributed by atoms with Gasteiger partial charge in [-0.2, -0.15) is 0 Å². The Bertz CT molecular complexity index is 1990. The summed E-state index contributed by atoms with van der Waals surface area (Å²) in [7, 11) is 1.40. The van der Waals surface area contributed by atoms with Gasteiger partial charge < -0.3 is 19.7 Å². The fourth-order valence-corrected chi connectivity index (χ4v) is 5.47. The molecule has 1 atom stereocenters. The zero-order valence-electron chi connectivity index (χ0n) is 26.7. The number of ketones is 5. The van der Waals surface area contributed by atoms with Gasteiger partial charge in [-0.05, 0) is 32.9 Å². The van der Waals surface area contributed by atoms with Crippen molar-refractivity contribution in [3.8, 4) is 5.75 Å². The monoisotopic (exact) mass is 648 g/mol. The molecule has 0 aliphatic heterocycles. The molecule has 2 aliphatic carbocycles. The highest BCUT2D eigenvalue weighted by atomic mass is 16.5. The topological polar surface area (TPSA) is 161 Å². The first-order chi connectivity index (χ1) is 22.9. The van der Waals surface area contributed by atoms with E-state index in [0.717, 1.165) is 13.0 Å². The van der Waals surface area contributed by atoms with Gasteiger partial charge in [-0.1, -0.05) is 61.7 Å². The molecule has 2 N–H and O–H groups in total. The van der Waals surface area contributed by atoms with E-state index in [2.05, 4.69) is 13.2 Å². The van der Waals surface area contributed by atoms with Crippen molar-refractivity contribution in [3.63, 3.8) is 0 Å². The molecule has 10 nitrogen and oxygen atoms in total. The maximum absolute atomic E-state index is 14.4. The fourth-order valence-electron chi connectivity index (χ4n) is 5.47. The number of carbonyl (C=O) groups is 6. The number of Topliss-reactive ketones (excluding diaryl/α,β-unsaturated/α-hetero) is 5. The van der Waals surface area contributed by atoms with Crippen molar-refractivity contribution in [1.29, 1.82) is 0 Å². The Morgan fingerprint density at radius 2 is 1.58 bits per heavy atom. The van der Waals surface area contributed by atoms with Gasteiger partial charge in [-0.25, -0.2) is 0 Å². The lowest BCUT2D eigenvalue weighted by Gasteiger charge is -2.26. The van der Waals surface area contributed by atoms with Crippen LogP contribution in [0.1, 0.15) is 60.8 Å². The van der Waals surface area contributed by atoms with E-state index in [1.165, 1.54) is 68.7 Å². The summed E-state index contributed by atoms with van der Waals surface area (Å²) in [5.41, 5.74) is -4.01. The van der Waals surface area contributed by atoms with Crippen LogP contribution < -0.4 is 4.74 Å². The van der Waals surface area contributed by atoms with Crippen molar-refractivity contribution < 1.29 is 48.5 Å². The maximum Gasteiger partial charge on any atom is 0.228 e. The molecular weight excluding hydrogens is 616 g/mol. The van der Waals surface area contributed by atoms with Crippen molar-refractivity contribution in [2.24, 2.45) is 0 Å². The summed E-state index contributed by atoms with van der Waals surface area (Å²) in [5.74, 6) is -6.67. The first-order valence-corrected chi connectivity index (χ1v) is 14.7. The largest absolute Gasteiger partial charge is 0.512 e. The molecule has 2 aromatic carbocycles. The van der Waals surface area contributed by atoms with E-state index in [-0.39, 0.29) is 51.3 Å². The van der Waals surface area contributed by atoms with E-state index in [1.807, 2.05) is 0 Å². The van der Waals surface area contributed by atoms with E-state index in [1.54, 1.807) is 6.92 Å². The van der Waals surface area contributed by atoms with Crippen LogP contribution in [0.15, 0.2) is 119 Å². The Hall–Kier alpha value is -6.00. The minimum absolute atomic E-state index is 0.0407. The van der Waals surface area contributed by atoms with Crippen LogP contribution >= 0.6 is 0 Å². The van der Waals surface area contributed by atoms with Crippen molar-refractivity contribution in [2.45, 2.75) is 26.9 Å². The summed E-state index contributed by atoms with van der Waals surface area (Å²) in [4.78, 5) is 82.7. The number of rotatable bonds is 12. The van der Waals surface area contributed by atoms with Gasteiger partial charge in [0, 0.05) is 57.2 Å². The molecule has 0 spiro atoms. The highest BCUT2D eigenvalue weighted by Gasteiger charge is 2.44. The molecule has 2 aliphatic rings. The third-order valence-electron chi connectivity index (χ3n) is 7.89. The van der Waals surface area contributed by atoms with Crippen molar-refractivity contribution in [2.75, 3.05) is 13.7 Å². The third-order valence-corrected chi connectivity index (χ3v) is 7.89. The van der Waals surface area contributed by atoms with Gasteiger partial charge in [0.05, 0.1) is 17.8 Å². The Morgan fingerprint density at radius 1 is 0.938 bits per heavy atom. The molecule has 48 heavy (non-hydrogen) atoms. The summed E-state index contributed by atoms with van der Waals surface area (Å²) >= 11 is 0. The fraction of sp³-hybridized carbons (Fsp3) is 0.158. The van der Waals surface area contributed by atoms with Gasteiger partial charge in [0.15, 0.2) is 35.2 Å². The highest BCUT2D eigenvalue weighted by molar-refractivity contribution is 6.39. The lowest BCUT2D eigenvalue weighted by atomic mass is 9.73. The van der Waals surface area contributed by atoms with Crippen LogP contribution in [0.4, 0.5) is 0 Å². The van der Waals surface area contributed by atoms with Gasteiger partial charge in [-0.15, -0.1) is 0 Å². The number of fused-ring (bicyclic) bond motifs is 1. The number of aliphatic hydroxyl groups is 2. The number of benzene rings is 2. The maximum atomic E-state index is 14.4. The number of hydrogen-bond acceptors (Lipinski definition) is 10.